The van der Waals surface area contributed by atoms with Gasteiger partial charge in [0.25, 0.3) is 5.91 Å². The Hall–Kier alpha value is -2.57. The molecule has 1 atom stereocenters. The molecule has 7 heteroatoms. The van der Waals surface area contributed by atoms with Gasteiger partial charge in [-0.2, -0.15) is 0 Å². The predicted molar refractivity (Wildman–Crippen MR) is 91.9 cm³/mol. The van der Waals surface area contributed by atoms with Crippen LogP contribution in [0.4, 0.5) is 0 Å². The Morgan fingerprint density at radius 3 is 2.32 bits per heavy atom. The van der Waals surface area contributed by atoms with Crippen molar-refractivity contribution < 1.29 is 28.6 Å². The van der Waals surface area contributed by atoms with Gasteiger partial charge in [-0.3, -0.25) is 9.59 Å². The number of hydrogen-bond donors (Lipinski definition) is 1. The maximum Gasteiger partial charge on any atom is 0.344 e. The van der Waals surface area contributed by atoms with E-state index in [1.165, 1.54) is 20.1 Å². The van der Waals surface area contributed by atoms with Gasteiger partial charge in [-0.25, -0.2) is 4.79 Å². The van der Waals surface area contributed by atoms with Crippen LogP contribution >= 0.6 is 0 Å². The van der Waals surface area contributed by atoms with Crippen molar-refractivity contribution in [3.8, 4) is 11.5 Å². The lowest BCUT2D eigenvalue weighted by Gasteiger charge is -2.17. The number of hydrogen-bond acceptors (Lipinski definition) is 6. The molecule has 0 spiro atoms. The molecule has 1 aromatic rings. The number of nitrogens with one attached hydrogen (secondary N) is 1. The van der Waals surface area contributed by atoms with Gasteiger partial charge >= 0.3 is 5.97 Å². The fraction of sp³-hybridized carbons (Fsp3) is 0.500. The molecule has 0 fully saturated rings. The van der Waals surface area contributed by atoms with E-state index >= 15 is 0 Å². The zero-order chi connectivity index (χ0) is 19.0. The molecule has 7 nitrogen and oxygen atoms in total. The first kappa shape index (κ1) is 20.5. The number of methoxy groups -OCH3 is 1. The lowest BCUT2D eigenvalue weighted by Crippen LogP contribution is -2.39. The fourth-order valence-corrected chi connectivity index (χ4v) is 1.79. The van der Waals surface area contributed by atoms with Crippen molar-refractivity contribution in [3.63, 3.8) is 0 Å². The minimum Gasteiger partial charge on any atom is -0.493 e. The van der Waals surface area contributed by atoms with E-state index in [-0.39, 0.29) is 36.9 Å². The Morgan fingerprint density at radius 1 is 1.08 bits per heavy atom. The van der Waals surface area contributed by atoms with E-state index in [4.69, 9.17) is 14.2 Å². The molecule has 1 rings (SSSR count). The third-order valence-electron chi connectivity index (χ3n) is 3.67. The summed E-state index contributed by atoms with van der Waals surface area (Å²) < 4.78 is 15.3. The van der Waals surface area contributed by atoms with Gasteiger partial charge in [-0.1, -0.05) is 13.8 Å². The molecule has 0 saturated heterocycles. The third kappa shape index (κ3) is 6.82. The summed E-state index contributed by atoms with van der Waals surface area (Å²) in [6.07, 6.45) is 0. The Morgan fingerprint density at radius 2 is 1.76 bits per heavy atom. The highest BCUT2D eigenvalue weighted by atomic mass is 16.6. The van der Waals surface area contributed by atoms with Crippen LogP contribution in [0.25, 0.3) is 0 Å². The number of carbonyl (C=O) groups is 3. The van der Waals surface area contributed by atoms with E-state index in [0.29, 0.717) is 17.1 Å². The second-order valence-electron chi connectivity index (χ2n) is 5.97. The Labute approximate surface area is 147 Å². The molecule has 1 amide bonds. The second-order valence-corrected chi connectivity index (χ2v) is 5.97. The van der Waals surface area contributed by atoms with Gasteiger partial charge in [0.2, 0.25) is 0 Å². The smallest absolute Gasteiger partial charge is 0.344 e. The molecule has 0 saturated carbocycles. The maximum absolute atomic E-state index is 11.7. The number of benzene rings is 1. The van der Waals surface area contributed by atoms with Crippen LogP contribution in [0.3, 0.4) is 0 Å². The largest absolute Gasteiger partial charge is 0.493 e. The standard InChI is InChI=1S/C18H25NO6/c1-11(2)12(3)19-17(21)9-25-18(22)10-24-15-7-6-14(13(4)20)8-16(15)23-5/h6-8,11-12H,9-10H2,1-5H3,(H,19,21). The van der Waals surface area contributed by atoms with Crippen molar-refractivity contribution in [1.29, 1.82) is 0 Å². The van der Waals surface area contributed by atoms with Gasteiger partial charge in [0.15, 0.2) is 30.5 Å². The molecule has 138 valence electrons. The van der Waals surface area contributed by atoms with Crippen LogP contribution in [-0.2, 0) is 14.3 Å². The molecule has 1 unspecified atom stereocenters. The van der Waals surface area contributed by atoms with E-state index in [0.717, 1.165) is 0 Å². The number of ether oxygens (including phenoxy) is 3. The molecule has 0 aliphatic carbocycles. The van der Waals surface area contributed by atoms with Crippen molar-refractivity contribution in [2.75, 3.05) is 20.3 Å². The van der Waals surface area contributed by atoms with E-state index in [9.17, 15) is 14.4 Å². The van der Waals surface area contributed by atoms with Crippen molar-refractivity contribution >= 4 is 17.7 Å². The van der Waals surface area contributed by atoms with Crippen LogP contribution in [-0.4, -0.2) is 44.0 Å². The van der Waals surface area contributed by atoms with Crippen molar-refractivity contribution in [1.82, 2.24) is 5.32 Å². The SMILES string of the molecule is COc1cc(C(C)=O)ccc1OCC(=O)OCC(=O)NC(C)C(C)C. The number of ketones is 1. The molecule has 0 aliphatic rings. The molecule has 0 radical (unpaired) electrons. The summed E-state index contributed by atoms with van der Waals surface area (Å²) >= 11 is 0. The van der Waals surface area contributed by atoms with Crippen LogP contribution < -0.4 is 14.8 Å². The van der Waals surface area contributed by atoms with Crippen molar-refractivity contribution in [3.05, 3.63) is 23.8 Å². The van der Waals surface area contributed by atoms with Gasteiger partial charge < -0.3 is 19.5 Å². The normalized spacial score (nSPS) is 11.6. The molecule has 0 aliphatic heterocycles. The van der Waals surface area contributed by atoms with Gasteiger partial charge in [0, 0.05) is 11.6 Å². The van der Waals surface area contributed by atoms with E-state index in [2.05, 4.69) is 5.32 Å². The molecular formula is C18H25NO6. The molecule has 1 aromatic carbocycles. The second kappa shape index (κ2) is 9.66. The zero-order valence-electron chi connectivity index (χ0n) is 15.3. The minimum absolute atomic E-state index is 0.00787. The number of rotatable bonds is 9. The Kier molecular flexibility index (Phi) is 7.91. The topological polar surface area (TPSA) is 90.9 Å². The molecule has 1 N–H and O–H groups in total. The summed E-state index contributed by atoms with van der Waals surface area (Å²) in [5, 5.41) is 2.73. The molecular weight excluding hydrogens is 326 g/mol. The van der Waals surface area contributed by atoms with E-state index in [1.54, 1.807) is 12.1 Å². The van der Waals surface area contributed by atoms with Crippen LogP contribution in [0.5, 0.6) is 11.5 Å². The van der Waals surface area contributed by atoms with Gasteiger partial charge in [0.1, 0.15) is 0 Å². The number of esters is 1. The quantitative estimate of drug-likeness (QED) is 0.540. The summed E-state index contributed by atoms with van der Waals surface area (Å²) in [6.45, 7) is 6.55. The monoisotopic (exact) mass is 351 g/mol. The first-order valence-corrected chi connectivity index (χ1v) is 8.01. The summed E-state index contributed by atoms with van der Waals surface area (Å²) in [5.74, 6) is -0.214. The highest BCUT2D eigenvalue weighted by molar-refractivity contribution is 5.94. The van der Waals surface area contributed by atoms with Crippen LogP contribution in [0.15, 0.2) is 18.2 Å². The van der Waals surface area contributed by atoms with Crippen molar-refractivity contribution in [2.45, 2.75) is 33.7 Å². The van der Waals surface area contributed by atoms with Crippen molar-refractivity contribution in [2.24, 2.45) is 5.92 Å². The zero-order valence-corrected chi connectivity index (χ0v) is 15.3. The van der Waals surface area contributed by atoms with Crippen LogP contribution in [0.2, 0.25) is 0 Å². The van der Waals surface area contributed by atoms with Gasteiger partial charge in [0.05, 0.1) is 7.11 Å². The number of Topliss-reactive ketones (excluding diaryl/α,β-unsaturated/α-hetero) is 1. The van der Waals surface area contributed by atoms with Gasteiger partial charge in [-0.05, 0) is 38.0 Å². The van der Waals surface area contributed by atoms with Crippen LogP contribution in [0.1, 0.15) is 38.1 Å². The Bertz CT molecular complexity index is 626. The van der Waals surface area contributed by atoms with Crippen LogP contribution in [0, 0.1) is 5.92 Å². The first-order chi connectivity index (χ1) is 11.7. The average molecular weight is 351 g/mol. The Balaban J connectivity index is 2.49. The van der Waals surface area contributed by atoms with E-state index in [1.807, 2.05) is 20.8 Å². The number of carbonyl (C=O) groups excluding carboxylic acids is 3. The molecule has 0 aromatic heterocycles. The van der Waals surface area contributed by atoms with Gasteiger partial charge in [-0.15, -0.1) is 0 Å². The summed E-state index contributed by atoms with van der Waals surface area (Å²) in [4.78, 5) is 34.7. The maximum atomic E-state index is 11.7. The highest BCUT2D eigenvalue weighted by Gasteiger charge is 2.14. The predicted octanol–water partition coefficient (Wildman–Crippen LogP) is 1.98. The average Bonchev–Trinajstić information content (AvgIpc) is 2.57. The minimum atomic E-state index is -0.676. The highest BCUT2D eigenvalue weighted by Crippen LogP contribution is 2.28. The summed E-state index contributed by atoms with van der Waals surface area (Å²) in [5.41, 5.74) is 0.475. The lowest BCUT2D eigenvalue weighted by atomic mass is 10.1. The molecule has 0 bridgehead atoms. The third-order valence-corrected chi connectivity index (χ3v) is 3.67. The summed E-state index contributed by atoms with van der Waals surface area (Å²) in [7, 11) is 1.44. The molecule has 25 heavy (non-hydrogen) atoms. The fourth-order valence-electron chi connectivity index (χ4n) is 1.79. The summed E-state index contributed by atoms with van der Waals surface area (Å²) in [6, 6.07) is 4.64. The number of amides is 1. The first-order valence-electron chi connectivity index (χ1n) is 8.01. The molecule has 0 heterocycles. The lowest BCUT2D eigenvalue weighted by molar-refractivity contribution is -0.150. The van der Waals surface area contributed by atoms with E-state index < -0.39 is 5.97 Å².